The van der Waals surface area contributed by atoms with Gasteiger partial charge in [0, 0.05) is 24.2 Å². The highest BCUT2D eigenvalue weighted by Gasteiger charge is 2.27. The summed E-state index contributed by atoms with van der Waals surface area (Å²) < 4.78 is 0. The second-order valence-corrected chi connectivity index (χ2v) is 6.44. The monoisotopic (exact) mass is 330 g/mol. The molecular formula is C18H19ClN2O2. The van der Waals surface area contributed by atoms with Gasteiger partial charge >= 0.3 is 0 Å². The number of H-pyrrole nitrogens is 1. The number of halogens is 1. The Kier molecular flexibility index (Phi) is 4.82. The molecule has 5 heteroatoms. The smallest absolute Gasteiger partial charge is 0.270 e. The van der Waals surface area contributed by atoms with Crippen molar-refractivity contribution in [1.29, 1.82) is 0 Å². The maximum absolute atomic E-state index is 12.7. The number of hydrogen-bond donors (Lipinski definition) is 1. The van der Waals surface area contributed by atoms with Crippen molar-refractivity contribution in [3.8, 4) is 0 Å². The maximum Gasteiger partial charge on any atom is 0.270 e. The van der Waals surface area contributed by atoms with Gasteiger partial charge in [0.15, 0.2) is 0 Å². The van der Waals surface area contributed by atoms with Crippen LogP contribution < -0.4 is 5.56 Å². The Labute approximate surface area is 140 Å². The van der Waals surface area contributed by atoms with Crippen LogP contribution in [0, 0.1) is 5.92 Å². The number of carbonyl (C=O) groups excluding carboxylic acids is 1. The van der Waals surface area contributed by atoms with Gasteiger partial charge < -0.3 is 9.88 Å². The molecule has 1 fully saturated rings. The molecule has 1 aliphatic carbocycles. The van der Waals surface area contributed by atoms with Crippen molar-refractivity contribution in [2.24, 2.45) is 5.92 Å². The van der Waals surface area contributed by atoms with E-state index in [1.807, 2.05) is 29.2 Å². The lowest BCUT2D eigenvalue weighted by Crippen LogP contribution is -2.36. The van der Waals surface area contributed by atoms with Gasteiger partial charge in [-0.2, -0.15) is 0 Å². The Balaban J connectivity index is 1.70. The summed E-state index contributed by atoms with van der Waals surface area (Å²) in [5, 5.41) is 0.710. The molecular weight excluding hydrogens is 312 g/mol. The van der Waals surface area contributed by atoms with Crippen LogP contribution in [-0.2, 0) is 6.42 Å². The summed E-state index contributed by atoms with van der Waals surface area (Å²) in [6.45, 7) is 1.39. The van der Waals surface area contributed by atoms with Crippen molar-refractivity contribution in [1.82, 2.24) is 9.88 Å². The van der Waals surface area contributed by atoms with Gasteiger partial charge in [-0.1, -0.05) is 29.8 Å². The summed E-state index contributed by atoms with van der Waals surface area (Å²) in [5.74, 6) is 0.489. The number of amides is 1. The predicted octanol–water partition coefficient (Wildman–Crippen LogP) is 3.12. The minimum absolute atomic E-state index is 0.108. The summed E-state index contributed by atoms with van der Waals surface area (Å²) in [6, 6.07) is 12.4. The number of aromatic amines is 1. The van der Waals surface area contributed by atoms with Gasteiger partial charge in [-0.05, 0) is 48.9 Å². The van der Waals surface area contributed by atoms with Crippen molar-refractivity contribution < 1.29 is 4.79 Å². The standard InChI is InChI=1S/C18H19ClN2O2/c19-15-8-6-13(7-9-15)10-11-21(12-14-4-5-14)18(23)16-2-1-3-17(22)20-16/h1-3,6-9,14H,4-5,10-12H2,(H,20,22). The molecule has 0 spiro atoms. The Morgan fingerprint density at radius 2 is 1.91 bits per heavy atom. The Hall–Kier alpha value is -2.07. The SMILES string of the molecule is O=C(c1cccc(=O)[nH]1)N(CCc1ccc(Cl)cc1)CC1CC1. The van der Waals surface area contributed by atoms with Crippen LogP contribution in [0.15, 0.2) is 47.3 Å². The van der Waals surface area contributed by atoms with E-state index in [2.05, 4.69) is 4.98 Å². The average Bonchev–Trinajstić information content (AvgIpc) is 3.36. The zero-order valence-corrected chi connectivity index (χ0v) is 13.6. The highest BCUT2D eigenvalue weighted by molar-refractivity contribution is 6.30. The minimum Gasteiger partial charge on any atom is -0.337 e. The van der Waals surface area contributed by atoms with E-state index in [1.165, 1.54) is 18.9 Å². The second kappa shape index (κ2) is 7.01. The molecule has 1 saturated carbocycles. The lowest BCUT2D eigenvalue weighted by atomic mass is 10.1. The van der Waals surface area contributed by atoms with Gasteiger partial charge in [0.05, 0.1) is 0 Å². The Morgan fingerprint density at radius 1 is 1.17 bits per heavy atom. The van der Waals surface area contributed by atoms with Crippen LogP contribution in [0.4, 0.5) is 0 Å². The molecule has 0 radical (unpaired) electrons. The molecule has 3 rings (SSSR count). The topological polar surface area (TPSA) is 53.2 Å². The van der Waals surface area contributed by atoms with E-state index in [0.717, 1.165) is 18.5 Å². The molecule has 2 aromatic rings. The third-order valence-corrected chi connectivity index (χ3v) is 4.30. The number of nitrogens with zero attached hydrogens (tertiary/aromatic N) is 1. The van der Waals surface area contributed by atoms with Gasteiger partial charge in [-0.15, -0.1) is 0 Å². The first-order valence-electron chi connectivity index (χ1n) is 7.85. The summed E-state index contributed by atoms with van der Waals surface area (Å²) in [6.07, 6.45) is 3.12. The minimum atomic E-state index is -0.250. The van der Waals surface area contributed by atoms with Gasteiger partial charge in [-0.3, -0.25) is 9.59 Å². The molecule has 120 valence electrons. The quantitative estimate of drug-likeness (QED) is 0.884. The van der Waals surface area contributed by atoms with Gasteiger partial charge in [-0.25, -0.2) is 0 Å². The van der Waals surface area contributed by atoms with Crippen LogP contribution in [0.3, 0.4) is 0 Å². The molecule has 0 atom stereocenters. The fourth-order valence-corrected chi connectivity index (χ4v) is 2.67. The third-order valence-electron chi connectivity index (χ3n) is 4.05. The van der Waals surface area contributed by atoms with Crippen molar-refractivity contribution in [3.63, 3.8) is 0 Å². The van der Waals surface area contributed by atoms with E-state index in [4.69, 9.17) is 11.6 Å². The number of carbonyl (C=O) groups is 1. The molecule has 1 aromatic carbocycles. The van der Waals surface area contributed by atoms with E-state index in [9.17, 15) is 9.59 Å². The van der Waals surface area contributed by atoms with Crippen LogP contribution in [-0.4, -0.2) is 28.9 Å². The number of aromatic nitrogens is 1. The predicted molar refractivity (Wildman–Crippen MR) is 90.8 cm³/mol. The fourth-order valence-electron chi connectivity index (χ4n) is 2.55. The highest BCUT2D eigenvalue weighted by atomic mass is 35.5. The number of rotatable bonds is 6. The highest BCUT2D eigenvalue weighted by Crippen LogP contribution is 2.30. The summed E-state index contributed by atoms with van der Waals surface area (Å²) in [5.41, 5.74) is 1.25. The molecule has 1 amide bonds. The van der Waals surface area contributed by atoms with Crippen LogP contribution in [0.5, 0.6) is 0 Å². The van der Waals surface area contributed by atoms with Crippen LogP contribution in [0.25, 0.3) is 0 Å². The first kappa shape index (κ1) is 15.8. The summed E-state index contributed by atoms with van der Waals surface area (Å²) in [4.78, 5) is 28.6. The summed E-state index contributed by atoms with van der Waals surface area (Å²) >= 11 is 5.90. The first-order chi connectivity index (χ1) is 11.1. The zero-order chi connectivity index (χ0) is 16.2. The summed E-state index contributed by atoms with van der Waals surface area (Å²) in [7, 11) is 0. The van der Waals surface area contributed by atoms with E-state index in [0.29, 0.717) is 23.2 Å². The van der Waals surface area contributed by atoms with E-state index in [-0.39, 0.29) is 11.5 Å². The first-order valence-corrected chi connectivity index (χ1v) is 8.22. The van der Waals surface area contributed by atoms with Gasteiger partial charge in [0.2, 0.25) is 5.56 Å². The van der Waals surface area contributed by atoms with Crippen LogP contribution >= 0.6 is 11.6 Å². The van der Waals surface area contributed by atoms with Crippen molar-refractivity contribution in [3.05, 3.63) is 69.1 Å². The molecule has 0 bridgehead atoms. The van der Waals surface area contributed by atoms with Crippen LogP contribution in [0.1, 0.15) is 28.9 Å². The van der Waals surface area contributed by atoms with E-state index >= 15 is 0 Å². The Morgan fingerprint density at radius 3 is 2.57 bits per heavy atom. The van der Waals surface area contributed by atoms with Crippen molar-refractivity contribution in [2.75, 3.05) is 13.1 Å². The number of nitrogens with one attached hydrogen (secondary N) is 1. The zero-order valence-electron chi connectivity index (χ0n) is 12.8. The third kappa shape index (κ3) is 4.45. The van der Waals surface area contributed by atoms with Gasteiger partial charge in [0.25, 0.3) is 5.91 Å². The molecule has 1 N–H and O–H groups in total. The van der Waals surface area contributed by atoms with E-state index < -0.39 is 0 Å². The lowest BCUT2D eigenvalue weighted by molar-refractivity contribution is 0.0743. The number of hydrogen-bond acceptors (Lipinski definition) is 2. The maximum atomic E-state index is 12.7. The lowest BCUT2D eigenvalue weighted by Gasteiger charge is -2.22. The molecule has 1 aromatic heterocycles. The van der Waals surface area contributed by atoms with Gasteiger partial charge in [0.1, 0.15) is 5.69 Å². The Bertz CT molecular complexity index is 735. The molecule has 1 aliphatic rings. The normalized spacial score (nSPS) is 13.8. The number of pyridine rings is 1. The molecule has 1 heterocycles. The molecule has 4 nitrogen and oxygen atoms in total. The number of benzene rings is 1. The van der Waals surface area contributed by atoms with Crippen molar-refractivity contribution in [2.45, 2.75) is 19.3 Å². The average molecular weight is 331 g/mol. The molecule has 0 saturated heterocycles. The fraction of sp³-hybridized carbons (Fsp3) is 0.333. The van der Waals surface area contributed by atoms with Crippen molar-refractivity contribution >= 4 is 17.5 Å². The largest absolute Gasteiger partial charge is 0.337 e. The molecule has 0 aliphatic heterocycles. The molecule has 0 unspecified atom stereocenters. The van der Waals surface area contributed by atoms with Crippen LogP contribution in [0.2, 0.25) is 5.02 Å². The molecule has 23 heavy (non-hydrogen) atoms. The second-order valence-electron chi connectivity index (χ2n) is 6.00. The van der Waals surface area contributed by atoms with E-state index in [1.54, 1.807) is 12.1 Å².